The Labute approximate surface area is 238 Å². The van der Waals surface area contributed by atoms with Crippen LogP contribution in [0.25, 0.3) is 5.57 Å². The first-order chi connectivity index (χ1) is 19.6. The number of ether oxygens (including phenoxy) is 4. The number of rotatable bonds is 3. The van der Waals surface area contributed by atoms with E-state index in [4.69, 9.17) is 23.9 Å². The van der Waals surface area contributed by atoms with Gasteiger partial charge in [-0.3, -0.25) is 10.3 Å². The number of nitrogens with one attached hydrogen (secondary N) is 1. The number of hydrogen-bond donors (Lipinski definition) is 1. The van der Waals surface area contributed by atoms with Gasteiger partial charge in [0.2, 0.25) is 0 Å². The van der Waals surface area contributed by atoms with E-state index in [1.807, 2.05) is 0 Å². The summed E-state index contributed by atoms with van der Waals surface area (Å²) in [6.45, 7) is 5.25. The van der Waals surface area contributed by atoms with Crippen molar-refractivity contribution in [1.29, 1.82) is 0 Å². The molecule has 0 aromatic heterocycles. The van der Waals surface area contributed by atoms with E-state index in [-0.39, 0.29) is 41.7 Å². The highest BCUT2D eigenvalue weighted by Gasteiger charge is 2.50. The predicted molar refractivity (Wildman–Crippen MR) is 140 cm³/mol. The predicted octanol–water partition coefficient (Wildman–Crippen LogP) is 5.16. The third kappa shape index (κ3) is 5.80. The van der Waals surface area contributed by atoms with Crippen LogP contribution in [0, 0.1) is 5.82 Å². The van der Waals surface area contributed by atoms with E-state index in [0.29, 0.717) is 25.2 Å². The lowest BCUT2D eigenvalue weighted by molar-refractivity contribution is -0.0500. The van der Waals surface area contributed by atoms with Crippen LogP contribution >= 0.6 is 0 Å². The summed E-state index contributed by atoms with van der Waals surface area (Å²) < 4.78 is 105. The molecule has 3 aliphatic heterocycles. The standard InChI is InChI=1S/C27H26F4N2O8S/c1-25(2,3)40-24(34)32-22-13-38-14-26(33-22)18-12-17(41-42(35,36)27(29,30)31)4-5-21(18)39-23-19(26)10-16(11-20(23)28)15-6-8-37-9-7-15/h4-6,10-12H,7-9,13-14H2,1-3H3,(H,32,33,34)/t26-/m0/s1. The van der Waals surface area contributed by atoms with Crippen molar-refractivity contribution in [3.8, 4) is 17.2 Å². The molecule has 1 N–H and O–H groups in total. The summed E-state index contributed by atoms with van der Waals surface area (Å²) in [5, 5.41) is 2.50. The van der Waals surface area contributed by atoms with E-state index in [1.165, 1.54) is 6.07 Å². The number of alkyl carbamates (subject to hydrolysis) is 1. The van der Waals surface area contributed by atoms with E-state index < -0.39 is 44.4 Å². The van der Waals surface area contributed by atoms with Gasteiger partial charge < -0.3 is 23.1 Å². The number of hydrogen-bond acceptors (Lipinski definition) is 9. The fourth-order valence-corrected chi connectivity index (χ4v) is 5.18. The van der Waals surface area contributed by atoms with Crippen LogP contribution in [0.3, 0.4) is 0 Å². The van der Waals surface area contributed by atoms with Gasteiger partial charge in [-0.1, -0.05) is 6.08 Å². The lowest BCUT2D eigenvalue weighted by Crippen LogP contribution is -2.46. The summed E-state index contributed by atoms with van der Waals surface area (Å²) in [7, 11) is -6.01. The Bertz CT molecular complexity index is 1600. The molecule has 0 saturated carbocycles. The molecule has 0 fully saturated rings. The summed E-state index contributed by atoms with van der Waals surface area (Å²) in [4.78, 5) is 17.2. The fourth-order valence-electron chi connectivity index (χ4n) is 4.73. The third-order valence-electron chi connectivity index (χ3n) is 6.44. The second-order valence-electron chi connectivity index (χ2n) is 10.7. The Morgan fingerprint density at radius 1 is 1.10 bits per heavy atom. The summed E-state index contributed by atoms with van der Waals surface area (Å²) in [5.74, 6) is -1.73. The number of aliphatic imine (C=N–C) groups is 1. The summed E-state index contributed by atoms with van der Waals surface area (Å²) in [6, 6.07) is 5.98. The molecule has 42 heavy (non-hydrogen) atoms. The van der Waals surface area contributed by atoms with Gasteiger partial charge in [0.15, 0.2) is 11.6 Å². The molecular weight excluding hydrogens is 588 g/mol. The number of carbonyl (C=O) groups is 1. The van der Waals surface area contributed by atoms with Crippen LogP contribution in [0.2, 0.25) is 0 Å². The van der Waals surface area contributed by atoms with Gasteiger partial charge in [-0.2, -0.15) is 21.6 Å². The largest absolute Gasteiger partial charge is 0.534 e. The molecule has 2 aromatic rings. The van der Waals surface area contributed by atoms with Crippen molar-refractivity contribution in [2.24, 2.45) is 4.99 Å². The van der Waals surface area contributed by atoms with Crippen molar-refractivity contribution in [1.82, 2.24) is 5.32 Å². The molecule has 0 aliphatic carbocycles. The quantitative estimate of drug-likeness (QED) is 0.286. The van der Waals surface area contributed by atoms with Crippen molar-refractivity contribution < 1.29 is 53.9 Å². The van der Waals surface area contributed by atoms with Crippen molar-refractivity contribution in [2.75, 3.05) is 26.4 Å². The van der Waals surface area contributed by atoms with E-state index >= 15 is 4.39 Å². The highest BCUT2D eigenvalue weighted by atomic mass is 32.2. The molecule has 0 unspecified atom stereocenters. The van der Waals surface area contributed by atoms with Crippen molar-refractivity contribution in [2.45, 2.75) is 43.8 Å². The topological polar surface area (TPSA) is 122 Å². The molecule has 1 amide bonds. The first-order valence-electron chi connectivity index (χ1n) is 12.7. The maximum absolute atomic E-state index is 15.7. The molecule has 0 bridgehead atoms. The van der Waals surface area contributed by atoms with Crippen LogP contribution in [0.4, 0.5) is 22.4 Å². The Morgan fingerprint density at radius 3 is 2.52 bits per heavy atom. The molecule has 5 rings (SSSR count). The fraction of sp³-hybridized carbons (Fsp3) is 0.407. The molecule has 3 heterocycles. The lowest BCUT2D eigenvalue weighted by Gasteiger charge is -2.40. The van der Waals surface area contributed by atoms with Crippen LogP contribution in [0.15, 0.2) is 41.4 Å². The third-order valence-corrected chi connectivity index (χ3v) is 7.42. The molecule has 3 aliphatic rings. The average Bonchev–Trinajstić information content (AvgIpc) is 2.88. The molecule has 10 nitrogen and oxygen atoms in total. The zero-order chi connectivity index (χ0) is 30.5. The first-order valence-corrected chi connectivity index (χ1v) is 14.1. The summed E-state index contributed by atoms with van der Waals surface area (Å²) >= 11 is 0. The van der Waals surface area contributed by atoms with Crippen LogP contribution in [0.5, 0.6) is 17.2 Å². The number of amidine groups is 1. The number of benzene rings is 2. The zero-order valence-corrected chi connectivity index (χ0v) is 23.4. The van der Waals surface area contributed by atoms with E-state index in [0.717, 1.165) is 23.8 Å². The number of halogens is 4. The highest BCUT2D eigenvalue weighted by molar-refractivity contribution is 7.88. The Hall–Kier alpha value is -3.69. The zero-order valence-electron chi connectivity index (χ0n) is 22.6. The molecule has 0 saturated heterocycles. The SMILES string of the molecule is CC(C)(C)OC(=O)NC1=N[C@@]2(COC1)c1cc(OS(=O)(=O)C(F)(F)F)ccc1Oc1c(F)cc(C3=CCOCC3)cc12. The monoisotopic (exact) mass is 614 g/mol. The molecule has 1 spiro atoms. The molecule has 0 radical (unpaired) electrons. The number of amides is 1. The maximum Gasteiger partial charge on any atom is 0.534 e. The first kappa shape index (κ1) is 29.8. The van der Waals surface area contributed by atoms with Gasteiger partial charge in [-0.25, -0.2) is 9.18 Å². The Morgan fingerprint density at radius 2 is 1.86 bits per heavy atom. The molecule has 15 heteroatoms. The van der Waals surface area contributed by atoms with Gasteiger partial charge in [0.1, 0.15) is 35.1 Å². The van der Waals surface area contributed by atoms with Gasteiger partial charge in [0, 0.05) is 11.1 Å². The lowest BCUT2D eigenvalue weighted by atomic mass is 9.79. The van der Waals surface area contributed by atoms with Crippen LogP contribution in [-0.2, 0) is 29.9 Å². The van der Waals surface area contributed by atoms with E-state index in [1.54, 1.807) is 32.9 Å². The molecule has 2 aromatic carbocycles. The van der Waals surface area contributed by atoms with Crippen molar-refractivity contribution in [3.63, 3.8) is 0 Å². The maximum atomic E-state index is 15.7. The number of nitrogens with zero attached hydrogens (tertiary/aromatic N) is 1. The van der Waals surface area contributed by atoms with Gasteiger partial charge in [-0.05, 0) is 68.7 Å². The average molecular weight is 615 g/mol. The number of fused-ring (bicyclic) bond motifs is 4. The van der Waals surface area contributed by atoms with Crippen LogP contribution in [0.1, 0.15) is 43.9 Å². The second-order valence-corrected chi connectivity index (χ2v) is 12.2. The minimum atomic E-state index is -6.01. The molecule has 226 valence electrons. The van der Waals surface area contributed by atoms with Gasteiger partial charge >= 0.3 is 21.7 Å². The van der Waals surface area contributed by atoms with Crippen LogP contribution in [-0.4, -0.2) is 57.9 Å². The number of carbonyl (C=O) groups excluding carboxylic acids is 1. The van der Waals surface area contributed by atoms with Crippen LogP contribution < -0.4 is 14.2 Å². The highest BCUT2D eigenvalue weighted by Crippen LogP contribution is 2.53. The Balaban J connectivity index is 1.68. The smallest absolute Gasteiger partial charge is 0.453 e. The number of alkyl halides is 3. The van der Waals surface area contributed by atoms with Crippen molar-refractivity contribution in [3.05, 3.63) is 58.9 Å². The second kappa shape index (κ2) is 10.5. The Kier molecular flexibility index (Phi) is 7.48. The normalized spacial score (nSPS) is 20.5. The van der Waals surface area contributed by atoms with Gasteiger partial charge in [-0.15, -0.1) is 0 Å². The van der Waals surface area contributed by atoms with Crippen molar-refractivity contribution >= 4 is 27.6 Å². The molecular formula is C27H26F4N2O8S. The van der Waals surface area contributed by atoms with E-state index in [9.17, 15) is 26.4 Å². The van der Waals surface area contributed by atoms with Gasteiger partial charge in [0.25, 0.3) is 0 Å². The minimum Gasteiger partial charge on any atom is -0.453 e. The van der Waals surface area contributed by atoms with E-state index in [2.05, 4.69) is 9.50 Å². The minimum absolute atomic E-state index is 0.0190. The van der Waals surface area contributed by atoms with Gasteiger partial charge in [0.05, 0.1) is 19.8 Å². The summed E-state index contributed by atoms with van der Waals surface area (Å²) in [6.07, 6.45) is 1.43. The molecule has 1 atom stereocenters. The summed E-state index contributed by atoms with van der Waals surface area (Å²) in [5.41, 5.74) is -6.81.